The van der Waals surface area contributed by atoms with Gasteiger partial charge in [0.1, 0.15) is 5.82 Å². The first kappa shape index (κ1) is 13.5. The Labute approximate surface area is 108 Å². The van der Waals surface area contributed by atoms with Gasteiger partial charge in [-0.1, -0.05) is 18.2 Å². The molecule has 1 saturated heterocycles. The molecule has 4 heteroatoms. The molecule has 2 unspecified atom stereocenters. The molecule has 0 aromatic heterocycles. The van der Waals surface area contributed by atoms with Crippen LogP contribution in [0, 0.1) is 5.82 Å². The second kappa shape index (κ2) is 5.78. The number of likely N-dealkylation sites (N-methyl/N-ethyl adjacent to an activating group) is 2. The molecule has 1 fully saturated rings. The van der Waals surface area contributed by atoms with Gasteiger partial charge in [0.15, 0.2) is 0 Å². The minimum Gasteiger partial charge on any atom is -0.387 e. The number of benzene rings is 1. The quantitative estimate of drug-likeness (QED) is 0.864. The Morgan fingerprint density at radius 2 is 2.00 bits per heavy atom. The summed E-state index contributed by atoms with van der Waals surface area (Å²) < 4.78 is 13.7. The SMILES string of the molecule is CN1CCCN(C)C(C(O)c2ccccc2F)C1. The zero-order valence-electron chi connectivity index (χ0n) is 11.0. The first-order chi connectivity index (χ1) is 8.59. The van der Waals surface area contributed by atoms with Crippen LogP contribution in [0.3, 0.4) is 0 Å². The van der Waals surface area contributed by atoms with E-state index in [9.17, 15) is 9.50 Å². The topological polar surface area (TPSA) is 26.7 Å². The third-order valence-corrected chi connectivity index (χ3v) is 3.70. The van der Waals surface area contributed by atoms with E-state index in [4.69, 9.17) is 0 Å². The zero-order chi connectivity index (χ0) is 13.1. The molecule has 1 aliphatic rings. The molecule has 1 aromatic rings. The van der Waals surface area contributed by atoms with Gasteiger partial charge in [0, 0.05) is 12.1 Å². The van der Waals surface area contributed by atoms with Gasteiger partial charge in [0.05, 0.1) is 12.1 Å². The highest BCUT2D eigenvalue weighted by Gasteiger charge is 2.29. The molecule has 3 nitrogen and oxygen atoms in total. The van der Waals surface area contributed by atoms with E-state index in [0.717, 1.165) is 26.1 Å². The average molecular weight is 252 g/mol. The summed E-state index contributed by atoms with van der Waals surface area (Å²) in [6.45, 7) is 2.71. The molecule has 1 N–H and O–H groups in total. The van der Waals surface area contributed by atoms with E-state index >= 15 is 0 Å². The van der Waals surface area contributed by atoms with E-state index in [1.807, 2.05) is 14.1 Å². The summed E-state index contributed by atoms with van der Waals surface area (Å²) in [5.74, 6) is -0.328. The third kappa shape index (κ3) is 2.88. The molecule has 1 aromatic carbocycles. The Kier molecular flexibility index (Phi) is 4.32. The summed E-state index contributed by atoms with van der Waals surface area (Å²) in [7, 11) is 4.04. The Balaban J connectivity index is 2.20. The van der Waals surface area contributed by atoms with E-state index in [1.165, 1.54) is 6.07 Å². The Morgan fingerprint density at radius 1 is 1.28 bits per heavy atom. The molecule has 0 aliphatic carbocycles. The molecule has 2 rings (SSSR count). The smallest absolute Gasteiger partial charge is 0.129 e. The number of halogens is 1. The fourth-order valence-corrected chi connectivity index (χ4v) is 2.57. The third-order valence-electron chi connectivity index (χ3n) is 3.70. The second-order valence-corrected chi connectivity index (χ2v) is 5.13. The van der Waals surface area contributed by atoms with Crippen LogP contribution in [0.2, 0.25) is 0 Å². The number of hydrogen-bond acceptors (Lipinski definition) is 3. The number of aliphatic hydroxyl groups excluding tert-OH is 1. The standard InChI is InChI=1S/C14H21FN2O/c1-16-8-5-9-17(2)13(10-16)14(18)11-6-3-4-7-12(11)15/h3-4,6-7,13-14,18H,5,8-10H2,1-2H3. The molecule has 2 atom stereocenters. The maximum Gasteiger partial charge on any atom is 0.129 e. The predicted octanol–water partition coefficient (Wildman–Crippen LogP) is 1.49. The Hall–Kier alpha value is -0.970. The van der Waals surface area contributed by atoms with Crippen LogP contribution >= 0.6 is 0 Å². The van der Waals surface area contributed by atoms with Crippen molar-refractivity contribution in [1.82, 2.24) is 9.80 Å². The van der Waals surface area contributed by atoms with E-state index in [-0.39, 0.29) is 11.9 Å². The Morgan fingerprint density at radius 3 is 2.72 bits per heavy atom. The van der Waals surface area contributed by atoms with Crippen molar-refractivity contribution < 1.29 is 9.50 Å². The highest BCUT2D eigenvalue weighted by molar-refractivity contribution is 5.21. The zero-order valence-corrected chi connectivity index (χ0v) is 11.0. The van der Waals surface area contributed by atoms with Crippen molar-refractivity contribution in [3.63, 3.8) is 0 Å². The maximum absolute atomic E-state index is 13.7. The van der Waals surface area contributed by atoms with Crippen LogP contribution in [0.15, 0.2) is 24.3 Å². The summed E-state index contributed by atoms with van der Waals surface area (Å²) in [6.07, 6.45) is 0.296. The van der Waals surface area contributed by atoms with Gasteiger partial charge in [0.2, 0.25) is 0 Å². The lowest BCUT2D eigenvalue weighted by Crippen LogP contribution is -2.42. The largest absolute Gasteiger partial charge is 0.387 e. The lowest BCUT2D eigenvalue weighted by molar-refractivity contribution is 0.0548. The molecule has 0 radical (unpaired) electrons. The molecule has 0 saturated carbocycles. The molecular weight excluding hydrogens is 231 g/mol. The van der Waals surface area contributed by atoms with Crippen molar-refractivity contribution in [2.24, 2.45) is 0 Å². The first-order valence-corrected chi connectivity index (χ1v) is 6.41. The minimum absolute atomic E-state index is 0.0607. The Bertz CT molecular complexity index is 399. The summed E-state index contributed by atoms with van der Waals surface area (Å²) in [4.78, 5) is 4.32. The van der Waals surface area contributed by atoms with Crippen molar-refractivity contribution in [3.8, 4) is 0 Å². The van der Waals surface area contributed by atoms with Crippen molar-refractivity contribution in [3.05, 3.63) is 35.6 Å². The van der Waals surface area contributed by atoms with Crippen molar-refractivity contribution in [2.75, 3.05) is 33.7 Å². The fraction of sp³-hybridized carbons (Fsp3) is 0.571. The lowest BCUT2D eigenvalue weighted by Gasteiger charge is -2.31. The highest BCUT2D eigenvalue weighted by Crippen LogP contribution is 2.24. The molecule has 18 heavy (non-hydrogen) atoms. The van der Waals surface area contributed by atoms with Gasteiger partial charge in [-0.15, -0.1) is 0 Å². The summed E-state index contributed by atoms with van der Waals surface area (Å²) in [5.41, 5.74) is 0.393. The van der Waals surface area contributed by atoms with Crippen molar-refractivity contribution in [1.29, 1.82) is 0 Å². The van der Waals surface area contributed by atoms with Gasteiger partial charge in [0.25, 0.3) is 0 Å². The maximum atomic E-state index is 13.7. The molecular formula is C14H21FN2O. The van der Waals surface area contributed by atoms with E-state index in [1.54, 1.807) is 18.2 Å². The lowest BCUT2D eigenvalue weighted by atomic mass is 10.0. The van der Waals surface area contributed by atoms with E-state index in [0.29, 0.717) is 5.56 Å². The number of nitrogens with zero attached hydrogens (tertiary/aromatic N) is 2. The van der Waals surface area contributed by atoms with Gasteiger partial charge in [-0.3, -0.25) is 4.90 Å². The fourth-order valence-electron chi connectivity index (χ4n) is 2.57. The van der Waals surface area contributed by atoms with Gasteiger partial charge in [-0.2, -0.15) is 0 Å². The van der Waals surface area contributed by atoms with Crippen LogP contribution in [0.1, 0.15) is 18.1 Å². The van der Waals surface area contributed by atoms with Crippen molar-refractivity contribution in [2.45, 2.75) is 18.6 Å². The van der Waals surface area contributed by atoms with Crippen LogP contribution in [0.25, 0.3) is 0 Å². The van der Waals surface area contributed by atoms with Crippen LogP contribution in [0.4, 0.5) is 4.39 Å². The van der Waals surface area contributed by atoms with Gasteiger partial charge < -0.3 is 10.0 Å². The molecule has 1 aliphatic heterocycles. The van der Waals surface area contributed by atoms with Gasteiger partial charge in [-0.05, 0) is 39.7 Å². The molecule has 0 amide bonds. The summed E-state index contributed by atoms with van der Waals surface area (Å²) >= 11 is 0. The minimum atomic E-state index is -0.781. The number of rotatable bonds is 2. The van der Waals surface area contributed by atoms with Crippen LogP contribution < -0.4 is 0 Å². The molecule has 0 bridgehead atoms. The van der Waals surface area contributed by atoms with Gasteiger partial charge >= 0.3 is 0 Å². The van der Waals surface area contributed by atoms with Crippen LogP contribution in [0.5, 0.6) is 0 Å². The molecule has 1 heterocycles. The molecule has 100 valence electrons. The average Bonchev–Trinajstić information content (AvgIpc) is 2.51. The van der Waals surface area contributed by atoms with Gasteiger partial charge in [-0.25, -0.2) is 4.39 Å². The van der Waals surface area contributed by atoms with Crippen LogP contribution in [-0.2, 0) is 0 Å². The number of aliphatic hydroxyl groups is 1. The highest BCUT2D eigenvalue weighted by atomic mass is 19.1. The second-order valence-electron chi connectivity index (χ2n) is 5.13. The van der Waals surface area contributed by atoms with Crippen molar-refractivity contribution >= 4 is 0 Å². The monoisotopic (exact) mass is 252 g/mol. The predicted molar refractivity (Wildman–Crippen MR) is 69.9 cm³/mol. The van der Waals surface area contributed by atoms with E-state index < -0.39 is 6.10 Å². The summed E-state index contributed by atoms with van der Waals surface area (Å²) in [6, 6.07) is 6.42. The van der Waals surface area contributed by atoms with E-state index in [2.05, 4.69) is 9.80 Å². The molecule has 0 spiro atoms. The van der Waals surface area contributed by atoms with Crippen LogP contribution in [-0.4, -0.2) is 54.7 Å². The first-order valence-electron chi connectivity index (χ1n) is 6.41. The number of hydrogen-bond donors (Lipinski definition) is 1. The summed E-state index contributed by atoms with van der Waals surface area (Å²) in [5, 5.41) is 10.4. The normalized spacial score (nSPS) is 24.8.